The number of anilines is 1. The first kappa shape index (κ1) is 22.0. The van der Waals surface area contributed by atoms with Gasteiger partial charge in [-0.2, -0.15) is 0 Å². The SMILES string of the molecule is Cc1cc([C@@H](C)Nc2ccc(F)cc2C(=O)O)c2nc([C@@H]3CCCOC3)n(C)c(=O)c2c1. The fourth-order valence-corrected chi connectivity index (χ4v) is 4.34. The number of fused-ring (bicyclic) bond motifs is 1. The van der Waals surface area contributed by atoms with Gasteiger partial charge in [0.15, 0.2) is 0 Å². The number of nitrogens with zero attached hydrogens (tertiary/aromatic N) is 2. The Morgan fingerprint density at radius 2 is 2.12 bits per heavy atom. The van der Waals surface area contributed by atoms with Crippen molar-refractivity contribution in [1.82, 2.24) is 9.55 Å². The fraction of sp³-hybridized carbons (Fsp3) is 0.375. The van der Waals surface area contributed by atoms with Gasteiger partial charge in [0.2, 0.25) is 0 Å². The lowest BCUT2D eigenvalue weighted by Crippen LogP contribution is -2.28. The van der Waals surface area contributed by atoms with Gasteiger partial charge in [0.05, 0.1) is 29.1 Å². The second-order valence-corrected chi connectivity index (χ2v) is 8.36. The summed E-state index contributed by atoms with van der Waals surface area (Å²) in [6.07, 6.45) is 1.82. The van der Waals surface area contributed by atoms with E-state index >= 15 is 0 Å². The van der Waals surface area contributed by atoms with Crippen molar-refractivity contribution in [3.63, 3.8) is 0 Å². The molecule has 8 heteroatoms. The predicted molar refractivity (Wildman–Crippen MR) is 120 cm³/mol. The van der Waals surface area contributed by atoms with Crippen LogP contribution in [-0.2, 0) is 11.8 Å². The van der Waals surface area contributed by atoms with Gasteiger partial charge >= 0.3 is 5.97 Å². The van der Waals surface area contributed by atoms with Crippen LogP contribution in [-0.4, -0.2) is 33.8 Å². The number of carboxylic acid groups (broad SMARTS) is 1. The Morgan fingerprint density at radius 3 is 2.81 bits per heavy atom. The summed E-state index contributed by atoms with van der Waals surface area (Å²) in [4.78, 5) is 29.7. The first-order valence-corrected chi connectivity index (χ1v) is 10.6. The summed E-state index contributed by atoms with van der Waals surface area (Å²) in [5, 5.41) is 13.1. The van der Waals surface area contributed by atoms with Crippen LogP contribution in [0.3, 0.4) is 0 Å². The Morgan fingerprint density at radius 1 is 1.34 bits per heavy atom. The zero-order valence-electron chi connectivity index (χ0n) is 18.3. The van der Waals surface area contributed by atoms with Crippen molar-refractivity contribution in [2.75, 3.05) is 18.5 Å². The van der Waals surface area contributed by atoms with E-state index in [1.807, 2.05) is 26.0 Å². The van der Waals surface area contributed by atoms with Gasteiger partial charge in [0, 0.05) is 30.8 Å². The average molecular weight is 439 g/mol. The molecule has 4 rings (SSSR count). The second kappa shape index (κ2) is 8.70. The number of rotatable bonds is 5. The molecule has 1 saturated heterocycles. The largest absolute Gasteiger partial charge is 0.478 e. The van der Waals surface area contributed by atoms with Crippen LogP contribution in [0.1, 0.15) is 59.0 Å². The van der Waals surface area contributed by atoms with E-state index in [0.717, 1.165) is 30.0 Å². The molecular formula is C24H26FN3O4. The van der Waals surface area contributed by atoms with E-state index < -0.39 is 11.8 Å². The molecule has 0 radical (unpaired) electrons. The highest BCUT2D eigenvalue weighted by Gasteiger charge is 2.24. The van der Waals surface area contributed by atoms with Crippen molar-refractivity contribution < 1.29 is 19.0 Å². The van der Waals surface area contributed by atoms with Gasteiger partial charge in [-0.05, 0) is 56.5 Å². The maximum absolute atomic E-state index is 13.6. The summed E-state index contributed by atoms with van der Waals surface area (Å²) in [6.45, 7) is 5.01. The number of carboxylic acids is 1. The van der Waals surface area contributed by atoms with E-state index in [1.165, 1.54) is 12.1 Å². The number of aromatic nitrogens is 2. The highest BCUT2D eigenvalue weighted by molar-refractivity contribution is 5.94. The van der Waals surface area contributed by atoms with E-state index in [0.29, 0.717) is 35.6 Å². The highest BCUT2D eigenvalue weighted by atomic mass is 19.1. The Balaban J connectivity index is 1.82. The van der Waals surface area contributed by atoms with Crippen molar-refractivity contribution in [3.8, 4) is 0 Å². The van der Waals surface area contributed by atoms with Gasteiger partial charge in [0.25, 0.3) is 5.56 Å². The van der Waals surface area contributed by atoms with Crippen LogP contribution in [0.4, 0.5) is 10.1 Å². The van der Waals surface area contributed by atoms with Crippen LogP contribution in [0, 0.1) is 12.7 Å². The molecule has 1 aromatic heterocycles. The third-order valence-corrected chi connectivity index (χ3v) is 5.96. The van der Waals surface area contributed by atoms with E-state index in [9.17, 15) is 19.1 Å². The molecule has 1 aliphatic heterocycles. The number of carbonyl (C=O) groups is 1. The molecule has 2 heterocycles. The average Bonchev–Trinajstić information content (AvgIpc) is 2.77. The van der Waals surface area contributed by atoms with E-state index in [-0.39, 0.29) is 23.1 Å². The van der Waals surface area contributed by atoms with Gasteiger partial charge in [-0.15, -0.1) is 0 Å². The van der Waals surface area contributed by atoms with Crippen molar-refractivity contribution in [3.05, 3.63) is 69.0 Å². The molecule has 1 aliphatic rings. The van der Waals surface area contributed by atoms with Gasteiger partial charge in [-0.1, -0.05) is 6.07 Å². The predicted octanol–water partition coefficient (Wildman–Crippen LogP) is 4.15. The van der Waals surface area contributed by atoms with Crippen molar-refractivity contribution in [2.45, 2.75) is 38.6 Å². The van der Waals surface area contributed by atoms with Gasteiger partial charge in [0.1, 0.15) is 11.6 Å². The van der Waals surface area contributed by atoms with Crippen LogP contribution >= 0.6 is 0 Å². The summed E-state index contributed by atoms with van der Waals surface area (Å²) >= 11 is 0. The molecule has 2 aromatic carbocycles. The number of hydrogen-bond donors (Lipinski definition) is 2. The number of hydrogen-bond acceptors (Lipinski definition) is 5. The molecule has 2 N–H and O–H groups in total. The molecule has 168 valence electrons. The van der Waals surface area contributed by atoms with Gasteiger partial charge in [-0.3, -0.25) is 9.36 Å². The van der Waals surface area contributed by atoms with Crippen molar-refractivity contribution in [2.24, 2.45) is 7.05 Å². The number of nitrogens with one attached hydrogen (secondary N) is 1. The maximum Gasteiger partial charge on any atom is 0.337 e. The molecule has 1 fully saturated rings. The van der Waals surface area contributed by atoms with Gasteiger partial charge in [-0.25, -0.2) is 14.2 Å². The summed E-state index contributed by atoms with van der Waals surface area (Å²) in [7, 11) is 1.74. The molecule has 7 nitrogen and oxygen atoms in total. The number of aromatic carboxylic acids is 1. The maximum atomic E-state index is 13.6. The standard InChI is InChI=1S/C24H26FN3O4/c1-13-9-17(14(2)26-20-7-6-16(25)11-18(20)24(30)31)21-19(10-13)23(29)28(3)22(27-21)15-5-4-8-32-12-15/h6-7,9-11,14-15,26H,4-5,8,12H2,1-3H3,(H,30,31)/t14-,15-/m1/s1. The first-order chi connectivity index (χ1) is 15.3. The number of halogens is 1. The molecule has 0 unspecified atom stereocenters. The summed E-state index contributed by atoms with van der Waals surface area (Å²) < 4.78 is 20.8. The fourth-order valence-electron chi connectivity index (χ4n) is 4.34. The Bertz CT molecular complexity index is 1250. The van der Waals surface area contributed by atoms with E-state index in [4.69, 9.17) is 9.72 Å². The van der Waals surface area contributed by atoms with E-state index in [1.54, 1.807) is 11.6 Å². The zero-order chi connectivity index (χ0) is 23.0. The Labute approximate surface area is 184 Å². The smallest absolute Gasteiger partial charge is 0.337 e. The van der Waals surface area contributed by atoms with Crippen LogP contribution in [0.5, 0.6) is 0 Å². The minimum Gasteiger partial charge on any atom is -0.478 e. The third-order valence-electron chi connectivity index (χ3n) is 5.96. The molecule has 0 saturated carbocycles. The van der Waals surface area contributed by atoms with Gasteiger partial charge < -0.3 is 15.2 Å². The molecule has 0 amide bonds. The van der Waals surface area contributed by atoms with Crippen molar-refractivity contribution in [1.29, 1.82) is 0 Å². The van der Waals surface area contributed by atoms with Crippen LogP contribution in [0.15, 0.2) is 35.1 Å². The Hall–Kier alpha value is -3.26. The summed E-state index contributed by atoms with van der Waals surface area (Å²) in [6, 6.07) is 6.99. The first-order valence-electron chi connectivity index (χ1n) is 10.6. The minimum absolute atomic E-state index is 0.0407. The molecule has 32 heavy (non-hydrogen) atoms. The van der Waals surface area contributed by atoms with Crippen molar-refractivity contribution >= 4 is 22.6 Å². The number of benzene rings is 2. The topological polar surface area (TPSA) is 93.4 Å². The van der Waals surface area contributed by atoms with Crippen LogP contribution < -0.4 is 10.9 Å². The molecule has 3 aromatic rings. The monoisotopic (exact) mass is 439 g/mol. The highest BCUT2D eigenvalue weighted by Crippen LogP contribution is 2.30. The molecule has 0 spiro atoms. The Kier molecular flexibility index (Phi) is 5.97. The molecule has 0 bridgehead atoms. The summed E-state index contributed by atoms with van der Waals surface area (Å²) in [5.41, 5.74) is 2.27. The van der Waals surface area contributed by atoms with E-state index in [2.05, 4.69) is 5.32 Å². The molecule has 2 atom stereocenters. The molecule has 0 aliphatic carbocycles. The number of aryl methyl sites for hydroxylation is 1. The van der Waals surface area contributed by atoms with Crippen LogP contribution in [0.25, 0.3) is 10.9 Å². The lowest BCUT2D eigenvalue weighted by molar-refractivity contribution is 0.0697. The number of ether oxygens (including phenoxy) is 1. The lowest BCUT2D eigenvalue weighted by Gasteiger charge is -2.25. The third kappa shape index (κ3) is 4.10. The quantitative estimate of drug-likeness (QED) is 0.621. The molecular weight excluding hydrogens is 413 g/mol. The van der Waals surface area contributed by atoms with Crippen LogP contribution in [0.2, 0.25) is 0 Å². The zero-order valence-corrected chi connectivity index (χ0v) is 18.3. The summed E-state index contributed by atoms with van der Waals surface area (Å²) in [5.74, 6) is -1.11. The normalized spacial score (nSPS) is 17.3. The minimum atomic E-state index is -1.22. The lowest BCUT2D eigenvalue weighted by atomic mass is 9.98. The second-order valence-electron chi connectivity index (χ2n) is 8.36.